The molecule has 1 atom stereocenters. The predicted octanol–water partition coefficient (Wildman–Crippen LogP) is 1.15. The Kier molecular flexibility index (Phi) is 5.66. The van der Waals surface area contributed by atoms with Crippen LogP contribution in [0.2, 0.25) is 0 Å². The molecule has 0 saturated heterocycles. The fourth-order valence-electron chi connectivity index (χ4n) is 0.853. The average molecular weight is 176 g/mol. The van der Waals surface area contributed by atoms with Crippen molar-refractivity contribution in [3.8, 4) is 0 Å². The van der Waals surface area contributed by atoms with Crippen LogP contribution in [0.25, 0.3) is 0 Å². The maximum absolute atomic E-state index is 11.0. The van der Waals surface area contributed by atoms with Gasteiger partial charge in [-0.3, -0.25) is 4.89 Å². The molecule has 0 rings (SSSR count). The number of ether oxygens (including phenoxy) is 1. The standard InChI is InChI=1S/C8H16O4/c1-6(2)5-7(10-3)8(9)12-11-4/h6-7H,5H2,1-4H3. The van der Waals surface area contributed by atoms with Gasteiger partial charge in [-0.1, -0.05) is 13.8 Å². The molecule has 0 bridgehead atoms. The van der Waals surface area contributed by atoms with E-state index in [2.05, 4.69) is 9.78 Å². The third-order valence-corrected chi connectivity index (χ3v) is 1.40. The third-order valence-electron chi connectivity index (χ3n) is 1.40. The summed E-state index contributed by atoms with van der Waals surface area (Å²) in [6.45, 7) is 4.01. The fourth-order valence-corrected chi connectivity index (χ4v) is 0.853. The molecule has 4 nitrogen and oxygen atoms in total. The molecule has 0 heterocycles. The highest BCUT2D eigenvalue weighted by Gasteiger charge is 2.21. The number of carbonyl (C=O) groups excluding carboxylic acids is 1. The van der Waals surface area contributed by atoms with Crippen molar-refractivity contribution in [2.45, 2.75) is 26.4 Å². The second kappa shape index (κ2) is 5.97. The number of methoxy groups -OCH3 is 1. The van der Waals surface area contributed by atoms with E-state index in [4.69, 9.17) is 4.74 Å². The highest BCUT2D eigenvalue weighted by atomic mass is 17.2. The van der Waals surface area contributed by atoms with Crippen LogP contribution in [0.1, 0.15) is 20.3 Å². The van der Waals surface area contributed by atoms with Crippen LogP contribution >= 0.6 is 0 Å². The van der Waals surface area contributed by atoms with Gasteiger partial charge in [-0.2, -0.15) is 4.89 Å². The molecule has 12 heavy (non-hydrogen) atoms. The van der Waals surface area contributed by atoms with Crippen molar-refractivity contribution in [3.63, 3.8) is 0 Å². The second-order valence-electron chi connectivity index (χ2n) is 2.92. The van der Waals surface area contributed by atoms with E-state index >= 15 is 0 Å². The molecule has 0 aliphatic heterocycles. The van der Waals surface area contributed by atoms with E-state index < -0.39 is 12.1 Å². The van der Waals surface area contributed by atoms with Gasteiger partial charge < -0.3 is 4.74 Å². The second-order valence-corrected chi connectivity index (χ2v) is 2.92. The number of hydrogen-bond donors (Lipinski definition) is 0. The maximum atomic E-state index is 11.0. The van der Waals surface area contributed by atoms with Crippen LogP contribution in [0.5, 0.6) is 0 Å². The Balaban J connectivity index is 3.87. The van der Waals surface area contributed by atoms with Gasteiger partial charge in [0, 0.05) is 7.11 Å². The molecular weight excluding hydrogens is 160 g/mol. The van der Waals surface area contributed by atoms with Gasteiger partial charge in [-0.05, 0) is 12.3 Å². The first kappa shape index (κ1) is 11.4. The van der Waals surface area contributed by atoms with Gasteiger partial charge in [0.25, 0.3) is 0 Å². The number of carbonyl (C=O) groups is 1. The molecule has 72 valence electrons. The predicted molar refractivity (Wildman–Crippen MR) is 43.4 cm³/mol. The summed E-state index contributed by atoms with van der Waals surface area (Å²) in [4.78, 5) is 19.6. The fraction of sp³-hybridized carbons (Fsp3) is 0.875. The summed E-state index contributed by atoms with van der Waals surface area (Å²) in [5, 5.41) is 0. The average Bonchev–Trinajstić information content (AvgIpc) is 2.00. The monoisotopic (exact) mass is 176 g/mol. The van der Waals surface area contributed by atoms with Crippen LogP contribution in [-0.2, 0) is 19.3 Å². The van der Waals surface area contributed by atoms with Crippen molar-refractivity contribution >= 4 is 5.97 Å². The van der Waals surface area contributed by atoms with Crippen molar-refractivity contribution in [3.05, 3.63) is 0 Å². The molecule has 0 aliphatic carbocycles. The van der Waals surface area contributed by atoms with E-state index in [-0.39, 0.29) is 0 Å². The van der Waals surface area contributed by atoms with E-state index in [0.29, 0.717) is 12.3 Å². The molecule has 0 radical (unpaired) electrons. The smallest absolute Gasteiger partial charge is 0.370 e. The van der Waals surface area contributed by atoms with Crippen molar-refractivity contribution in [2.24, 2.45) is 5.92 Å². The Morgan fingerprint density at radius 2 is 1.92 bits per heavy atom. The summed E-state index contributed by atoms with van der Waals surface area (Å²) in [6.07, 6.45) is 0.114. The topological polar surface area (TPSA) is 44.8 Å². The Hall–Kier alpha value is -0.610. The summed E-state index contributed by atoms with van der Waals surface area (Å²) in [5.41, 5.74) is 0. The molecule has 0 spiro atoms. The maximum Gasteiger partial charge on any atom is 0.370 e. The molecule has 0 fully saturated rings. The van der Waals surface area contributed by atoms with Crippen LogP contribution in [-0.4, -0.2) is 26.3 Å². The quantitative estimate of drug-likeness (QED) is 0.465. The van der Waals surface area contributed by atoms with Gasteiger partial charge in [-0.15, -0.1) is 0 Å². The zero-order chi connectivity index (χ0) is 9.56. The molecular formula is C8H16O4. The Morgan fingerprint density at radius 3 is 2.25 bits per heavy atom. The zero-order valence-electron chi connectivity index (χ0n) is 7.99. The summed E-state index contributed by atoms with van der Waals surface area (Å²) in [7, 11) is 2.77. The number of rotatable bonds is 5. The van der Waals surface area contributed by atoms with Crippen molar-refractivity contribution in [2.75, 3.05) is 14.2 Å². The van der Waals surface area contributed by atoms with Crippen LogP contribution in [0.3, 0.4) is 0 Å². The molecule has 4 heteroatoms. The first-order valence-electron chi connectivity index (χ1n) is 3.89. The minimum atomic E-state index is -0.523. The molecule has 0 saturated carbocycles. The van der Waals surface area contributed by atoms with E-state index in [0.717, 1.165) is 0 Å². The highest BCUT2D eigenvalue weighted by molar-refractivity contribution is 5.74. The minimum Gasteiger partial charge on any atom is -0.370 e. The van der Waals surface area contributed by atoms with Crippen LogP contribution < -0.4 is 0 Å². The Labute approximate surface area is 72.7 Å². The summed E-state index contributed by atoms with van der Waals surface area (Å²) in [6, 6.07) is 0. The lowest BCUT2D eigenvalue weighted by molar-refractivity contribution is -0.263. The Morgan fingerprint density at radius 1 is 1.33 bits per heavy atom. The van der Waals surface area contributed by atoms with Gasteiger partial charge in [0.1, 0.15) is 0 Å². The van der Waals surface area contributed by atoms with Crippen molar-refractivity contribution in [1.82, 2.24) is 0 Å². The normalized spacial score (nSPS) is 13.1. The molecule has 0 aromatic heterocycles. The van der Waals surface area contributed by atoms with Crippen LogP contribution in [0, 0.1) is 5.92 Å². The van der Waals surface area contributed by atoms with Crippen molar-refractivity contribution in [1.29, 1.82) is 0 Å². The first-order valence-corrected chi connectivity index (χ1v) is 3.89. The molecule has 0 aromatic rings. The largest absolute Gasteiger partial charge is 0.370 e. The van der Waals surface area contributed by atoms with Gasteiger partial charge >= 0.3 is 5.97 Å². The van der Waals surface area contributed by atoms with Gasteiger partial charge in [0.15, 0.2) is 6.10 Å². The summed E-state index contributed by atoms with van der Waals surface area (Å²) >= 11 is 0. The molecule has 0 N–H and O–H groups in total. The highest BCUT2D eigenvalue weighted by Crippen LogP contribution is 2.08. The van der Waals surface area contributed by atoms with E-state index in [1.54, 1.807) is 0 Å². The molecule has 0 aliphatic rings. The molecule has 0 aromatic carbocycles. The molecule has 1 unspecified atom stereocenters. The van der Waals surface area contributed by atoms with Gasteiger partial charge in [0.2, 0.25) is 0 Å². The van der Waals surface area contributed by atoms with Gasteiger partial charge in [0.05, 0.1) is 7.11 Å². The first-order chi connectivity index (χ1) is 5.61. The molecule has 0 amide bonds. The van der Waals surface area contributed by atoms with Crippen molar-refractivity contribution < 1.29 is 19.3 Å². The van der Waals surface area contributed by atoms with Crippen LogP contribution in [0.15, 0.2) is 0 Å². The van der Waals surface area contributed by atoms with Crippen LogP contribution in [0.4, 0.5) is 0 Å². The number of hydrogen-bond acceptors (Lipinski definition) is 4. The zero-order valence-corrected chi connectivity index (χ0v) is 7.99. The third kappa shape index (κ3) is 4.31. The minimum absolute atomic E-state index is 0.388. The Bertz CT molecular complexity index is 133. The van der Waals surface area contributed by atoms with E-state index in [1.165, 1.54) is 14.2 Å². The SMILES string of the molecule is COOC(=O)C(CC(C)C)OC. The van der Waals surface area contributed by atoms with E-state index in [1.807, 2.05) is 13.8 Å². The lowest BCUT2D eigenvalue weighted by Crippen LogP contribution is -2.26. The summed E-state index contributed by atoms with van der Waals surface area (Å²) in [5.74, 6) is -0.0898. The van der Waals surface area contributed by atoms with E-state index in [9.17, 15) is 4.79 Å². The van der Waals surface area contributed by atoms with Gasteiger partial charge in [-0.25, -0.2) is 4.79 Å². The lowest BCUT2D eigenvalue weighted by Gasteiger charge is -2.14. The lowest BCUT2D eigenvalue weighted by atomic mass is 10.1. The summed E-state index contributed by atoms with van der Waals surface area (Å²) < 4.78 is 4.92.